The molecule has 4 aromatic heterocycles. The van der Waals surface area contributed by atoms with Crippen LogP contribution in [0.4, 0.5) is 30.7 Å². The monoisotopic (exact) mass is 631 g/mol. The number of alkyl halides is 5. The summed E-state index contributed by atoms with van der Waals surface area (Å²) in [4.78, 5) is 0. The number of rotatable bonds is 9. The van der Waals surface area contributed by atoms with Crippen LogP contribution < -0.4 is 4.73 Å². The second-order valence-electron chi connectivity index (χ2n) is 8.97. The molecule has 0 fully saturated rings. The Bertz CT molecular complexity index is 1750. The largest absolute Gasteiger partial charge is 0.618 e. The zero-order valence-corrected chi connectivity index (χ0v) is 22.3. The Morgan fingerprint density at radius 2 is 1.81 bits per heavy atom. The third kappa shape index (κ3) is 6.00. The predicted molar refractivity (Wildman–Crippen MR) is 133 cm³/mol. The first-order valence-corrected chi connectivity index (χ1v) is 12.4. The van der Waals surface area contributed by atoms with E-state index in [-0.39, 0.29) is 45.2 Å². The average molecular weight is 632 g/mol. The number of aryl methyl sites for hydroxylation is 1. The van der Waals surface area contributed by atoms with E-state index < -0.39 is 42.9 Å². The van der Waals surface area contributed by atoms with Crippen LogP contribution >= 0.6 is 11.6 Å². The fourth-order valence-corrected chi connectivity index (χ4v) is 4.53. The van der Waals surface area contributed by atoms with E-state index in [4.69, 9.17) is 11.6 Å². The van der Waals surface area contributed by atoms with Gasteiger partial charge in [0.2, 0.25) is 5.69 Å². The smallest absolute Gasteiger partial charge is 0.436 e. The van der Waals surface area contributed by atoms with Gasteiger partial charge in [0.1, 0.15) is 11.7 Å². The van der Waals surface area contributed by atoms with Gasteiger partial charge in [-0.1, -0.05) is 27.1 Å². The number of halogens is 8. The number of ether oxygens (including phenoxy) is 1. The van der Waals surface area contributed by atoms with Crippen molar-refractivity contribution in [2.45, 2.75) is 25.3 Å². The standard InChI is InChI=1S/C24H17ClF7N9O2/c1-38-21(22(27)35-36-38)13-8-33-39(9-13)15(6-7-43-23(28)29)16-4-2-12(10-41(16)42)19-17(5-3-14(25)20(19)26)40-11-18(34-37-40)24(30,31)32/h2-5,8-11,15,23H,6-7H2,1H3/t15-/m1/s1. The zero-order chi connectivity index (χ0) is 31.1. The molecule has 0 aliphatic carbocycles. The van der Waals surface area contributed by atoms with Crippen LogP contribution in [-0.4, -0.2) is 53.0 Å². The molecule has 0 radical (unpaired) electrons. The number of nitrogens with zero attached hydrogens (tertiary/aromatic N) is 9. The molecule has 0 saturated heterocycles. The van der Waals surface area contributed by atoms with Crippen molar-refractivity contribution in [2.75, 3.05) is 6.61 Å². The maximum Gasteiger partial charge on any atom is 0.436 e. The molecule has 43 heavy (non-hydrogen) atoms. The van der Waals surface area contributed by atoms with Crippen molar-refractivity contribution in [3.05, 3.63) is 82.4 Å². The van der Waals surface area contributed by atoms with Gasteiger partial charge in [0.05, 0.1) is 40.8 Å². The second kappa shape index (κ2) is 11.6. The van der Waals surface area contributed by atoms with Gasteiger partial charge in [-0.05, 0) is 18.2 Å². The molecular formula is C24H17ClF7N9O2. The molecule has 0 aliphatic heterocycles. The zero-order valence-electron chi connectivity index (χ0n) is 21.6. The maximum atomic E-state index is 15.3. The van der Waals surface area contributed by atoms with Gasteiger partial charge in [-0.15, -0.1) is 5.10 Å². The van der Waals surface area contributed by atoms with Crippen LogP contribution in [0.2, 0.25) is 5.02 Å². The van der Waals surface area contributed by atoms with Crippen molar-refractivity contribution in [1.82, 2.24) is 39.8 Å². The van der Waals surface area contributed by atoms with Gasteiger partial charge in [-0.3, -0.25) is 4.68 Å². The summed E-state index contributed by atoms with van der Waals surface area (Å²) in [5, 5.41) is 30.5. The molecule has 0 N–H and O–H groups in total. The minimum Gasteiger partial charge on any atom is -0.618 e. The molecule has 5 rings (SSSR count). The van der Waals surface area contributed by atoms with Crippen molar-refractivity contribution in [3.63, 3.8) is 0 Å². The van der Waals surface area contributed by atoms with E-state index in [0.717, 1.165) is 16.9 Å². The Labute approximate surface area is 241 Å². The number of aromatic nitrogens is 9. The highest BCUT2D eigenvalue weighted by molar-refractivity contribution is 6.31. The van der Waals surface area contributed by atoms with Crippen LogP contribution in [-0.2, 0) is 18.0 Å². The van der Waals surface area contributed by atoms with E-state index in [2.05, 4.69) is 30.5 Å². The van der Waals surface area contributed by atoms with Crippen molar-refractivity contribution in [1.29, 1.82) is 0 Å². The van der Waals surface area contributed by atoms with Crippen molar-refractivity contribution >= 4 is 11.6 Å². The molecule has 0 amide bonds. The average Bonchev–Trinajstić information content (AvgIpc) is 3.69. The van der Waals surface area contributed by atoms with Gasteiger partial charge >= 0.3 is 12.8 Å². The van der Waals surface area contributed by atoms with Crippen molar-refractivity contribution in [3.8, 4) is 28.1 Å². The van der Waals surface area contributed by atoms with Crippen molar-refractivity contribution in [2.24, 2.45) is 7.05 Å². The van der Waals surface area contributed by atoms with Gasteiger partial charge in [-0.25, -0.2) is 13.8 Å². The molecule has 0 spiro atoms. The quantitative estimate of drug-likeness (QED) is 0.131. The molecule has 0 saturated carbocycles. The first kappa shape index (κ1) is 29.9. The predicted octanol–water partition coefficient (Wildman–Crippen LogP) is 4.73. The van der Waals surface area contributed by atoms with Gasteiger partial charge in [0.15, 0.2) is 17.7 Å². The highest BCUT2D eigenvalue weighted by Crippen LogP contribution is 2.35. The highest BCUT2D eigenvalue weighted by Gasteiger charge is 2.35. The van der Waals surface area contributed by atoms with E-state index in [1.807, 2.05) is 0 Å². The Kier molecular flexibility index (Phi) is 8.06. The van der Waals surface area contributed by atoms with Gasteiger partial charge < -0.3 is 9.94 Å². The summed E-state index contributed by atoms with van der Waals surface area (Å²) in [6.45, 7) is -3.61. The Balaban J connectivity index is 1.56. The first-order valence-electron chi connectivity index (χ1n) is 12.1. The SMILES string of the molecule is Cn1nnc(F)c1-c1cnn([C@H](CCOC(F)F)c2ccc(-c3c(-n4cc(C(F)(F)F)nn4)ccc(Cl)c3F)c[n+]2[O-])c1. The van der Waals surface area contributed by atoms with E-state index in [1.165, 1.54) is 42.3 Å². The highest BCUT2D eigenvalue weighted by atomic mass is 35.5. The topological polar surface area (TPSA) is 115 Å². The molecule has 0 bridgehead atoms. The first-order chi connectivity index (χ1) is 20.3. The van der Waals surface area contributed by atoms with Gasteiger partial charge in [0, 0.05) is 31.3 Å². The summed E-state index contributed by atoms with van der Waals surface area (Å²) in [5.74, 6) is -1.95. The lowest BCUT2D eigenvalue weighted by Crippen LogP contribution is -2.36. The molecular weight excluding hydrogens is 615 g/mol. The maximum absolute atomic E-state index is 15.3. The Morgan fingerprint density at radius 3 is 2.44 bits per heavy atom. The summed E-state index contributed by atoms with van der Waals surface area (Å²) < 4.78 is 102. The molecule has 226 valence electrons. The fourth-order valence-electron chi connectivity index (χ4n) is 4.37. The third-order valence-electron chi connectivity index (χ3n) is 6.29. The molecule has 1 aromatic carbocycles. The van der Waals surface area contributed by atoms with Crippen LogP contribution in [0.5, 0.6) is 0 Å². The van der Waals surface area contributed by atoms with Crippen LogP contribution in [0.1, 0.15) is 23.9 Å². The molecule has 0 aliphatic rings. The Hall–Kier alpha value is -4.58. The minimum atomic E-state index is -4.82. The molecule has 1 atom stereocenters. The van der Waals surface area contributed by atoms with E-state index in [9.17, 15) is 31.5 Å². The molecule has 19 heteroatoms. The molecule has 4 heterocycles. The van der Waals surface area contributed by atoms with Gasteiger partial charge in [-0.2, -0.15) is 36.2 Å². The summed E-state index contributed by atoms with van der Waals surface area (Å²) >= 11 is 5.94. The summed E-state index contributed by atoms with van der Waals surface area (Å²) in [7, 11) is 1.44. The van der Waals surface area contributed by atoms with E-state index >= 15 is 4.39 Å². The minimum absolute atomic E-state index is 0.0232. The normalized spacial score (nSPS) is 12.8. The summed E-state index contributed by atoms with van der Waals surface area (Å²) in [6.07, 6.45) is -0.952. The number of hydrogen-bond acceptors (Lipinski definition) is 7. The van der Waals surface area contributed by atoms with Crippen LogP contribution in [0.15, 0.2) is 49.1 Å². The molecule has 11 nitrogen and oxygen atoms in total. The molecule has 5 aromatic rings. The fraction of sp³-hybridized carbons (Fsp3) is 0.250. The number of benzene rings is 1. The number of hydrogen-bond donors (Lipinski definition) is 0. The van der Waals surface area contributed by atoms with Gasteiger partial charge in [0.25, 0.3) is 5.95 Å². The second-order valence-corrected chi connectivity index (χ2v) is 9.37. The van der Waals surface area contributed by atoms with E-state index in [1.54, 1.807) is 0 Å². The lowest BCUT2D eigenvalue weighted by atomic mass is 10.0. The van der Waals surface area contributed by atoms with Crippen LogP contribution in [0, 0.1) is 17.0 Å². The lowest BCUT2D eigenvalue weighted by molar-refractivity contribution is -0.615. The van der Waals surface area contributed by atoms with Crippen LogP contribution in [0.25, 0.3) is 28.1 Å². The van der Waals surface area contributed by atoms with Crippen LogP contribution in [0.3, 0.4) is 0 Å². The Morgan fingerprint density at radius 1 is 1.05 bits per heavy atom. The third-order valence-corrected chi connectivity index (χ3v) is 6.59. The summed E-state index contributed by atoms with van der Waals surface area (Å²) in [6, 6.07) is 3.77. The summed E-state index contributed by atoms with van der Waals surface area (Å²) in [5.41, 5.74) is -1.88. The lowest BCUT2D eigenvalue weighted by Gasteiger charge is -2.18. The van der Waals surface area contributed by atoms with E-state index in [0.29, 0.717) is 15.6 Å². The van der Waals surface area contributed by atoms with Crippen molar-refractivity contribution < 1.29 is 40.2 Å². The number of pyridine rings is 1. The molecule has 0 unspecified atom stereocenters.